The third kappa shape index (κ3) is 3.57. The topological polar surface area (TPSA) is 60.0 Å². The van der Waals surface area contributed by atoms with Gasteiger partial charge in [-0.15, -0.1) is 0 Å². The van der Waals surface area contributed by atoms with E-state index < -0.39 is 0 Å². The van der Waals surface area contributed by atoms with E-state index in [0.717, 1.165) is 34.7 Å². The number of hydrogen-bond donors (Lipinski definition) is 1. The molecule has 27 heavy (non-hydrogen) atoms. The van der Waals surface area contributed by atoms with Gasteiger partial charge >= 0.3 is 6.03 Å². The largest absolute Gasteiger partial charge is 0.497 e. The molecule has 142 valence electrons. The highest BCUT2D eigenvalue weighted by Crippen LogP contribution is 2.36. The fourth-order valence-corrected chi connectivity index (χ4v) is 3.81. The van der Waals surface area contributed by atoms with Gasteiger partial charge in [0.1, 0.15) is 11.5 Å². The van der Waals surface area contributed by atoms with Crippen molar-refractivity contribution in [2.24, 2.45) is 0 Å². The van der Waals surface area contributed by atoms with E-state index in [0.29, 0.717) is 26.3 Å². The number of carbonyl (C=O) groups is 1. The summed E-state index contributed by atoms with van der Waals surface area (Å²) in [4.78, 5) is 14.6. The van der Waals surface area contributed by atoms with Crippen LogP contribution in [0.25, 0.3) is 0 Å². The minimum absolute atomic E-state index is 0.0711. The number of urea groups is 1. The molecule has 0 aromatic heterocycles. The first-order chi connectivity index (χ1) is 13.2. The highest BCUT2D eigenvalue weighted by atomic mass is 16.5. The molecule has 2 aromatic carbocycles. The molecular weight excluding hydrogens is 344 g/mol. The summed E-state index contributed by atoms with van der Waals surface area (Å²) in [7, 11) is 3.32. The zero-order valence-electron chi connectivity index (χ0n) is 15.7. The van der Waals surface area contributed by atoms with Gasteiger partial charge < -0.3 is 24.4 Å². The zero-order chi connectivity index (χ0) is 18.8. The number of amides is 2. The van der Waals surface area contributed by atoms with Gasteiger partial charge in [0, 0.05) is 30.3 Å². The van der Waals surface area contributed by atoms with Crippen LogP contribution in [0.15, 0.2) is 36.4 Å². The molecule has 1 atom stereocenters. The third-order valence-electron chi connectivity index (χ3n) is 5.32. The summed E-state index contributed by atoms with van der Waals surface area (Å²) in [6.45, 7) is 2.63. The van der Waals surface area contributed by atoms with Crippen molar-refractivity contribution >= 4 is 11.7 Å². The van der Waals surface area contributed by atoms with Crippen LogP contribution in [0, 0.1) is 0 Å². The predicted molar refractivity (Wildman–Crippen MR) is 102 cm³/mol. The van der Waals surface area contributed by atoms with Gasteiger partial charge in [-0.3, -0.25) is 0 Å². The van der Waals surface area contributed by atoms with Crippen LogP contribution >= 0.6 is 0 Å². The van der Waals surface area contributed by atoms with Crippen molar-refractivity contribution in [2.45, 2.75) is 25.6 Å². The van der Waals surface area contributed by atoms with Crippen LogP contribution < -0.4 is 14.8 Å². The second-order valence-electron chi connectivity index (χ2n) is 6.95. The van der Waals surface area contributed by atoms with E-state index in [-0.39, 0.29) is 11.9 Å². The molecule has 2 aliphatic heterocycles. The minimum atomic E-state index is -0.0711. The van der Waals surface area contributed by atoms with E-state index in [9.17, 15) is 4.79 Å². The Bertz CT molecular complexity index is 852. The van der Waals surface area contributed by atoms with Crippen LogP contribution in [0.1, 0.15) is 29.0 Å². The quantitative estimate of drug-likeness (QED) is 0.893. The second-order valence-corrected chi connectivity index (χ2v) is 6.95. The van der Waals surface area contributed by atoms with Gasteiger partial charge in [0.25, 0.3) is 0 Å². The summed E-state index contributed by atoms with van der Waals surface area (Å²) >= 11 is 0. The molecule has 0 saturated carbocycles. The molecule has 1 unspecified atom stereocenters. The Morgan fingerprint density at radius 2 is 1.96 bits per heavy atom. The van der Waals surface area contributed by atoms with E-state index in [2.05, 4.69) is 5.32 Å². The van der Waals surface area contributed by atoms with Crippen LogP contribution in [0.2, 0.25) is 0 Å². The lowest BCUT2D eigenvalue weighted by Gasteiger charge is -2.19. The molecule has 2 heterocycles. The van der Waals surface area contributed by atoms with Gasteiger partial charge in [0.15, 0.2) is 0 Å². The van der Waals surface area contributed by atoms with E-state index >= 15 is 0 Å². The monoisotopic (exact) mass is 368 g/mol. The van der Waals surface area contributed by atoms with E-state index in [1.807, 2.05) is 41.3 Å². The van der Waals surface area contributed by atoms with Crippen molar-refractivity contribution in [2.75, 3.05) is 32.6 Å². The molecule has 2 amide bonds. The Hall–Kier alpha value is -2.73. The number of nitrogens with zero attached hydrogens (tertiary/aromatic N) is 1. The number of likely N-dealkylation sites (tertiary alicyclic amines) is 1. The Kier molecular flexibility index (Phi) is 4.90. The first-order valence-corrected chi connectivity index (χ1v) is 9.15. The lowest BCUT2D eigenvalue weighted by atomic mass is 9.97. The molecule has 0 aliphatic carbocycles. The van der Waals surface area contributed by atoms with Crippen molar-refractivity contribution in [3.8, 4) is 11.5 Å². The molecule has 2 aliphatic rings. The Morgan fingerprint density at radius 3 is 2.78 bits per heavy atom. The normalized spacial score (nSPS) is 18.3. The smallest absolute Gasteiger partial charge is 0.321 e. The van der Waals surface area contributed by atoms with E-state index in [1.165, 1.54) is 5.56 Å². The highest BCUT2D eigenvalue weighted by molar-refractivity contribution is 5.89. The first kappa shape index (κ1) is 17.7. The fraction of sp³-hybridized carbons (Fsp3) is 0.381. The molecule has 0 radical (unpaired) electrons. The summed E-state index contributed by atoms with van der Waals surface area (Å²) in [5, 5.41) is 3.01. The van der Waals surface area contributed by atoms with Gasteiger partial charge in [-0.1, -0.05) is 6.07 Å². The number of carbonyl (C=O) groups excluding carboxylic acids is 1. The summed E-state index contributed by atoms with van der Waals surface area (Å²) in [6.07, 6.45) is 0.898. The van der Waals surface area contributed by atoms with Gasteiger partial charge in [0.2, 0.25) is 0 Å². The van der Waals surface area contributed by atoms with Crippen LogP contribution in [0.5, 0.6) is 11.5 Å². The summed E-state index contributed by atoms with van der Waals surface area (Å²) < 4.78 is 16.3. The average molecular weight is 368 g/mol. The molecule has 2 aromatic rings. The molecule has 1 N–H and O–H groups in total. The predicted octanol–water partition coefficient (Wildman–Crippen LogP) is 3.76. The standard InChI is InChI=1S/C21H24N2O4/c1-25-18-5-6-20(26-2)19(10-18)14-7-8-23(11-14)21(24)22-17-4-3-15-12-27-13-16(15)9-17/h3-6,9-10,14H,7-8,11-13H2,1-2H3,(H,22,24). The molecule has 1 saturated heterocycles. The van der Waals surface area contributed by atoms with Gasteiger partial charge in [-0.25, -0.2) is 4.79 Å². The Labute approximate surface area is 159 Å². The van der Waals surface area contributed by atoms with Crippen LogP contribution in [-0.2, 0) is 18.0 Å². The molecular formula is C21H24N2O4. The maximum absolute atomic E-state index is 12.7. The Morgan fingerprint density at radius 1 is 1.11 bits per heavy atom. The van der Waals surface area contributed by atoms with Crippen molar-refractivity contribution < 1.29 is 19.0 Å². The summed E-state index contributed by atoms with van der Waals surface area (Å²) in [6, 6.07) is 11.7. The maximum atomic E-state index is 12.7. The second kappa shape index (κ2) is 7.48. The Balaban J connectivity index is 1.44. The SMILES string of the molecule is COc1ccc(OC)c(C2CCN(C(=O)Nc3ccc4c(c3)COC4)C2)c1. The van der Waals surface area contributed by atoms with Gasteiger partial charge in [-0.2, -0.15) is 0 Å². The number of nitrogens with one attached hydrogen (secondary N) is 1. The third-order valence-corrected chi connectivity index (χ3v) is 5.32. The maximum Gasteiger partial charge on any atom is 0.321 e. The van der Waals surface area contributed by atoms with E-state index in [4.69, 9.17) is 14.2 Å². The number of anilines is 1. The number of methoxy groups -OCH3 is 2. The van der Waals surface area contributed by atoms with Crippen molar-refractivity contribution in [3.05, 3.63) is 53.1 Å². The van der Waals surface area contributed by atoms with Gasteiger partial charge in [-0.05, 0) is 47.9 Å². The van der Waals surface area contributed by atoms with E-state index in [1.54, 1.807) is 14.2 Å². The highest BCUT2D eigenvalue weighted by Gasteiger charge is 2.29. The molecule has 6 nitrogen and oxygen atoms in total. The zero-order valence-corrected chi connectivity index (χ0v) is 15.7. The van der Waals surface area contributed by atoms with Crippen LogP contribution in [-0.4, -0.2) is 38.2 Å². The van der Waals surface area contributed by atoms with Crippen LogP contribution in [0.4, 0.5) is 10.5 Å². The molecule has 0 bridgehead atoms. The first-order valence-electron chi connectivity index (χ1n) is 9.15. The van der Waals surface area contributed by atoms with Crippen LogP contribution in [0.3, 0.4) is 0 Å². The number of rotatable bonds is 4. The molecule has 0 spiro atoms. The summed E-state index contributed by atoms with van der Waals surface area (Å²) in [5.74, 6) is 1.87. The molecule has 4 rings (SSSR count). The molecule has 6 heteroatoms. The minimum Gasteiger partial charge on any atom is -0.497 e. The average Bonchev–Trinajstić information content (AvgIpc) is 3.36. The molecule has 1 fully saturated rings. The van der Waals surface area contributed by atoms with Gasteiger partial charge in [0.05, 0.1) is 27.4 Å². The van der Waals surface area contributed by atoms with Crippen molar-refractivity contribution in [3.63, 3.8) is 0 Å². The lowest BCUT2D eigenvalue weighted by molar-refractivity contribution is 0.134. The number of ether oxygens (including phenoxy) is 3. The fourth-order valence-electron chi connectivity index (χ4n) is 3.81. The lowest BCUT2D eigenvalue weighted by Crippen LogP contribution is -2.32. The van der Waals surface area contributed by atoms with Crippen molar-refractivity contribution in [1.29, 1.82) is 0 Å². The number of benzene rings is 2. The number of fused-ring (bicyclic) bond motifs is 1. The summed E-state index contributed by atoms with van der Waals surface area (Å²) in [5.41, 5.74) is 4.24. The van der Waals surface area contributed by atoms with Crippen molar-refractivity contribution in [1.82, 2.24) is 4.90 Å². The number of hydrogen-bond acceptors (Lipinski definition) is 4.